The smallest absolute Gasteiger partial charge is 0.309 e. The molecule has 4 nitrogen and oxygen atoms in total. The Bertz CT molecular complexity index is 597. The molecule has 2 N–H and O–H groups in total. The fourth-order valence-corrected chi connectivity index (χ4v) is 2.43. The molecule has 0 aliphatic rings. The van der Waals surface area contributed by atoms with Gasteiger partial charge in [0.25, 0.3) is 0 Å². The predicted molar refractivity (Wildman–Crippen MR) is 83.0 cm³/mol. The molecule has 0 spiro atoms. The monoisotopic (exact) mass is 300 g/mol. The summed E-state index contributed by atoms with van der Waals surface area (Å²) in [6.45, 7) is 1.93. The van der Waals surface area contributed by atoms with Crippen LogP contribution < -0.4 is 0 Å². The van der Waals surface area contributed by atoms with E-state index in [1.54, 1.807) is 55.5 Å². The Kier molecular flexibility index (Phi) is 5.31. The van der Waals surface area contributed by atoms with Gasteiger partial charge in [-0.1, -0.05) is 60.7 Å². The van der Waals surface area contributed by atoms with Crippen LogP contribution in [0.3, 0.4) is 0 Å². The molecule has 0 fully saturated rings. The number of benzene rings is 2. The average molecular weight is 300 g/mol. The zero-order valence-electron chi connectivity index (χ0n) is 12.5. The summed E-state index contributed by atoms with van der Waals surface area (Å²) < 4.78 is 4.94. The maximum absolute atomic E-state index is 11.9. The molecule has 0 saturated carbocycles. The minimum absolute atomic E-state index is 0.227. The van der Waals surface area contributed by atoms with Gasteiger partial charge in [0.15, 0.2) is 0 Å². The Morgan fingerprint density at radius 1 is 1.09 bits per heavy atom. The van der Waals surface area contributed by atoms with Crippen molar-refractivity contribution < 1.29 is 19.7 Å². The normalized spacial score (nSPS) is 14.9. The van der Waals surface area contributed by atoms with E-state index >= 15 is 0 Å². The molecule has 22 heavy (non-hydrogen) atoms. The molecule has 0 heterocycles. The lowest BCUT2D eigenvalue weighted by Gasteiger charge is -2.33. The van der Waals surface area contributed by atoms with Gasteiger partial charge in [-0.05, 0) is 18.1 Å². The summed E-state index contributed by atoms with van der Waals surface area (Å²) in [6, 6.07) is 17.5. The first-order valence-electron chi connectivity index (χ1n) is 7.24. The summed E-state index contributed by atoms with van der Waals surface area (Å²) >= 11 is 0. The van der Waals surface area contributed by atoms with Crippen molar-refractivity contribution in [3.63, 3.8) is 0 Å². The lowest BCUT2D eigenvalue weighted by Crippen LogP contribution is -2.36. The molecule has 2 aromatic rings. The maximum atomic E-state index is 11.9. The molecule has 0 amide bonds. The van der Waals surface area contributed by atoms with E-state index < -0.39 is 17.7 Å². The first kappa shape index (κ1) is 16.2. The zero-order valence-corrected chi connectivity index (χ0v) is 12.5. The number of hydrogen-bond donors (Lipinski definition) is 2. The third-order valence-electron chi connectivity index (χ3n) is 3.56. The van der Waals surface area contributed by atoms with E-state index in [1.165, 1.54) is 0 Å². The Morgan fingerprint density at radius 2 is 1.64 bits per heavy atom. The molecule has 2 atom stereocenters. The Balaban J connectivity index is 2.39. The molecule has 0 radical (unpaired) electrons. The summed E-state index contributed by atoms with van der Waals surface area (Å²) in [4.78, 5) is 11.9. The molecular formula is C18H20O4. The number of esters is 1. The SMILES string of the molecule is CCOC(=O)C[C@@](O)(c1ccccc1)[C@@H](O)c1ccccc1. The second-order valence-electron chi connectivity index (χ2n) is 5.09. The van der Waals surface area contributed by atoms with Crippen molar-refractivity contribution in [2.24, 2.45) is 0 Å². The molecule has 4 heteroatoms. The Labute approximate surface area is 130 Å². The van der Waals surface area contributed by atoms with Gasteiger partial charge in [-0.15, -0.1) is 0 Å². The maximum Gasteiger partial charge on any atom is 0.309 e. The van der Waals surface area contributed by atoms with Crippen LogP contribution in [-0.2, 0) is 15.1 Å². The van der Waals surface area contributed by atoms with E-state index in [0.29, 0.717) is 11.1 Å². The highest BCUT2D eigenvalue weighted by molar-refractivity contribution is 5.71. The molecule has 0 aliphatic carbocycles. The van der Waals surface area contributed by atoms with Gasteiger partial charge < -0.3 is 14.9 Å². The molecule has 0 aliphatic heterocycles. The number of carbonyl (C=O) groups is 1. The third kappa shape index (κ3) is 3.53. The number of aliphatic hydroxyl groups excluding tert-OH is 1. The fourth-order valence-electron chi connectivity index (χ4n) is 2.43. The summed E-state index contributed by atoms with van der Waals surface area (Å²) in [5.74, 6) is -0.552. The quantitative estimate of drug-likeness (QED) is 0.805. The summed E-state index contributed by atoms with van der Waals surface area (Å²) in [7, 11) is 0. The Hall–Kier alpha value is -2.17. The van der Waals surface area contributed by atoms with Crippen LogP contribution in [0.2, 0.25) is 0 Å². The largest absolute Gasteiger partial charge is 0.466 e. The van der Waals surface area contributed by atoms with Gasteiger partial charge in [0, 0.05) is 0 Å². The summed E-state index contributed by atoms with van der Waals surface area (Å²) in [5, 5.41) is 21.7. The van der Waals surface area contributed by atoms with Crippen LogP contribution in [0, 0.1) is 0 Å². The number of aliphatic hydroxyl groups is 2. The van der Waals surface area contributed by atoms with Crippen molar-refractivity contribution in [2.75, 3.05) is 6.61 Å². The van der Waals surface area contributed by atoms with Gasteiger partial charge >= 0.3 is 5.97 Å². The highest BCUT2D eigenvalue weighted by Gasteiger charge is 2.41. The van der Waals surface area contributed by atoms with Crippen molar-refractivity contribution in [3.8, 4) is 0 Å². The van der Waals surface area contributed by atoms with E-state index in [2.05, 4.69) is 0 Å². The predicted octanol–water partition coefficient (Wildman–Crippen LogP) is 2.56. The number of hydrogen-bond acceptors (Lipinski definition) is 4. The van der Waals surface area contributed by atoms with Gasteiger partial charge in [0.2, 0.25) is 0 Å². The van der Waals surface area contributed by atoms with Crippen LogP contribution in [0.25, 0.3) is 0 Å². The van der Waals surface area contributed by atoms with Crippen molar-refractivity contribution in [3.05, 3.63) is 71.8 Å². The minimum atomic E-state index is -1.74. The third-order valence-corrected chi connectivity index (χ3v) is 3.56. The standard InChI is InChI=1S/C18H20O4/c1-2-22-16(19)13-18(21,15-11-7-4-8-12-15)17(20)14-9-5-3-6-10-14/h3-12,17,20-21H,2,13H2,1H3/t17-,18+/m0/s1. The van der Waals surface area contributed by atoms with Gasteiger partial charge in [-0.25, -0.2) is 0 Å². The molecule has 0 unspecified atom stereocenters. The van der Waals surface area contributed by atoms with Gasteiger partial charge in [-0.3, -0.25) is 4.79 Å². The van der Waals surface area contributed by atoms with Crippen LogP contribution in [0.1, 0.15) is 30.6 Å². The van der Waals surface area contributed by atoms with Crippen molar-refractivity contribution in [1.29, 1.82) is 0 Å². The van der Waals surface area contributed by atoms with Gasteiger partial charge in [0.05, 0.1) is 13.0 Å². The van der Waals surface area contributed by atoms with Gasteiger partial charge in [0.1, 0.15) is 11.7 Å². The number of carbonyl (C=O) groups excluding carboxylic acids is 1. The van der Waals surface area contributed by atoms with Crippen LogP contribution in [-0.4, -0.2) is 22.8 Å². The van der Waals surface area contributed by atoms with E-state index in [0.717, 1.165) is 0 Å². The van der Waals surface area contributed by atoms with E-state index in [4.69, 9.17) is 4.74 Å². The lowest BCUT2D eigenvalue weighted by atomic mass is 9.82. The van der Waals surface area contributed by atoms with Crippen LogP contribution in [0.5, 0.6) is 0 Å². The Morgan fingerprint density at radius 3 is 2.18 bits per heavy atom. The second kappa shape index (κ2) is 7.20. The molecule has 2 rings (SSSR count). The van der Waals surface area contributed by atoms with Crippen molar-refractivity contribution >= 4 is 5.97 Å². The van der Waals surface area contributed by atoms with E-state index in [-0.39, 0.29) is 13.0 Å². The number of rotatable bonds is 6. The molecule has 0 saturated heterocycles. The first-order chi connectivity index (χ1) is 10.6. The highest BCUT2D eigenvalue weighted by atomic mass is 16.5. The fraction of sp³-hybridized carbons (Fsp3) is 0.278. The summed E-state index contributed by atoms with van der Waals surface area (Å²) in [6.07, 6.45) is -1.55. The highest BCUT2D eigenvalue weighted by Crippen LogP contribution is 2.38. The van der Waals surface area contributed by atoms with Crippen LogP contribution in [0.15, 0.2) is 60.7 Å². The molecule has 2 aromatic carbocycles. The lowest BCUT2D eigenvalue weighted by molar-refractivity contribution is -0.157. The second-order valence-corrected chi connectivity index (χ2v) is 5.09. The topological polar surface area (TPSA) is 66.8 Å². The van der Waals surface area contributed by atoms with Crippen molar-refractivity contribution in [2.45, 2.75) is 25.0 Å². The number of ether oxygens (including phenoxy) is 1. The van der Waals surface area contributed by atoms with Crippen LogP contribution in [0.4, 0.5) is 0 Å². The first-order valence-corrected chi connectivity index (χ1v) is 7.24. The van der Waals surface area contributed by atoms with Crippen molar-refractivity contribution in [1.82, 2.24) is 0 Å². The zero-order chi connectivity index (χ0) is 16.0. The minimum Gasteiger partial charge on any atom is -0.466 e. The molecule has 0 bridgehead atoms. The molecule has 0 aromatic heterocycles. The van der Waals surface area contributed by atoms with E-state index in [1.807, 2.05) is 12.1 Å². The molecule has 116 valence electrons. The van der Waals surface area contributed by atoms with Gasteiger partial charge in [-0.2, -0.15) is 0 Å². The molecular weight excluding hydrogens is 280 g/mol. The van der Waals surface area contributed by atoms with Crippen LogP contribution >= 0.6 is 0 Å². The average Bonchev–Trinajstić information content (AvgIpc) is 2.56. The summed E-state index contributed by atoms with van der Waals surface area (Å²) in [5.41, 5.74) is -0.730. The van der Waals surface area contributed by atoms with E-state index in [9.17, 15) is 15.0 Å².